The minimum Gasteiger partial charge on any atom is -0.444 e. The van der Waals surface area contributed by atoms with Crippen molar-refractivity contribution in [3.8, 4) is 0 Å². The zero-order chi connectivity index (χ0) is 14.5. The molecule has 0 bridgehead atoms. The lowest BCUT2D eigenvalue weighted by molar-refractivity contribution is 0.0155. The fourth-order valence-corrected chi connectivity index (χ4v) is 2.62. The van der Waals surface area contributed by atoms with E-state index in [0.29, 0.717) is 11.2 Å². The summed E-state index contributed by atoms with van der Waals surface area (Å²) in [5.41, 5.74) is -0.434. The van der Waals surface area contributed by atoms with Crippen molar-refractivity contribution in [2.75, 3.05) is 18.4 Å². The molecule has 1 heterocycles. The predicted octanol–water partition coefficient (Wildman–Crippen LogP) is 3.17. The van der Waals surface area contributed by atoms with E-state index >= 15 is 0 Å². The first-order chi connectivity index (χ1) is 8.81. The Labute approximate surface area is 124 Å². The number of aliphatic hydroxyl groups is 1. The Kier molecular flexibility index (Phi) is 6.60. The van der Waals surface area contributed by atoms with Crippen LogP contribution in [0.5, 0.6) is 0 Å². The largest absolute Gasteiger partial charge is 0.444 e. The van der Waals surface area contributed by atoms with Crippen LogP contribution in [-0.4, -0.2) is 46.2 Å². The van der Waals surface area contributed by atoms with E-state index in [1.807, 2.05) is 20.8 Å². The first-order valence-corrected chi connectivity index (χ1v) is 8.16. The van der Waals surface area contributed by atoms with Gasteiger partial charge in [0.05, 0.1) is 6.10 Å². The summed E-state index contributed by atoms with van der Waals surface area (Å²) in [7, 11) is 0. The molecule has 5 heteroatoms. The molecule has 0 aromatic rings. The van der Waals surface area contributed by atoms with Crippen molar-refractivity contribution in [3.63, 3.8) is 0 Å². The van der Waals surface area contributed by atoms with E-state index in [0.717, 1.165) is 38.8 Å². The second-order valence-corrected chi connectivity index (χ2v) is 6.97. The Hall–Kier alpha value is -0.290. The Morgan fingerprint density at radius 1 is 1.53 bits per heavy atom. The van der Waals surface area contributed by atoms with Crippen LogP contribution in [0.2, 0.25) is 0 Å². The molecule has 1 saturated heterocycles. The second kappa shape index (κ2) is 7.48. The Bertz CT molecular complexity index is 291. The monoisotopic (exact) mass is 335 g/mol. The maximum absolute atomic E-state index is 12.0. The molecule has 1 rings (SSSR count). The van der Waals surface area contributed by atoms with Crippen LogP contribution in [0.1, 0.15) is 46.5 Å². The number of likely N-dealkylation sites (tertiary alicyclic amines) is 1. The average Bonchev–Trinajstić information content (AvgIpc) is 2.34. The molecule has 2 atom stereocenters. The van der Waals surface area contributed by atoms with Crippen molar-refractivity contribution in [2.45, 2.75) is 58.2 Å². The van der Waals surface area contributed by atoms with Gasteiger partial charge in [0.2, 0.25) is 0 Å². The van der Waals surface area contributed by atoms with E-state index in [9.17, 15) is 9.90 Å². The van der Waals surface area contributed by atoms with Gasteiger partial charge in [-0.2, -0.15) is 0 Å². The summed E-state index contributed by atoms with van der Waals surface area (Å²) in [5.74, 6) is 0.481. The molecular weight excluding hydrogens is 310 g/mol. The van der Waals surface area contributed by atoms with Gasteiger partial charge in [-0.15, -0.1) is 0 Å². The van der Waals surface area contributed by atoms with Gasteiger partial charge in [0, 0.05) is 18.4 Å². The Morgan fingerprint density at radius 3 is 2.79 bits per heavy atom. The number of carbonyl (C=O) groups excluding carboxylic acids is 1. The fraction of sp³-hybridized carbons (Fsp3) is 0.929. The molecule has 0 aromatic carbocycles. The molecule has 1 N–H and O–H groups in total. The molecule has 1 fully saturated rings. The van der Waals surface area contributed by atoms with Crippen LogP contribution in [0.25, 0.3) is 0 Å². The number of rotatable bonds is 4. The van der Waals surface area contributed by atoms with Crippen LogP contribution in [-0.2, 0) is 4.74 Å². The van der Waals surface area contributed by atoms with Crippen LogP contribution < -0.4 is 0 Å². The third-order valence-corrected chi connectivity index (χ3v) is 4.00. The zero-order valence-corrected chi connectivity index (χ0v) is 13.8. The highest BCUT2D eigenvalue weighted by atomic mass is 79.9. The minimum absolute atomic E-state index is 0.210. The van der Waals surface area contributed by atoms with Crippen LogP contribution in [0.15, 0.2) is 0 Å². The topological polar surface area (TPSA) is 49.8 Å². The number of piperidine rings is 1. The third-order valence-electron chi connectivity index (χ3n) is 3.26. The molecule has 0 radical (unpaired) electrons. The number of amides is 1. The van der Waals surface area contributed by atoms with Crippen molar-refractivity contribution < 1.29 is 14.6 Å². The average molecular weight is 336 g/mol. The van der Waals surface area contributed by atoms with Gasteiger partial charge in [-0.3, -0.25) is 0 Å². The summed E-state index contributed by atoms with van der Waals surface area (Å²) < 4.78 is 5.40. The molecule has 4 nitrogen and oxygen atoms in total. The van der Waals surface area contributed by atoms with Crippen LogP contribution in [0.3, 0.4) is 0 Å². The molecule has 0 spiro atoms. The summed E-state index contributed by atoms with van der Waals surface area (Å²) in [5, 5.41) is 10.2. The van der Waals surface area contributed by atoms with E-state index < -0.39 is 5.60 Å². The van der Waals surface area contributed by atoms with E-state index in [1.165, 1.54) is 0 Å². The Morgan fingerprint density at radius 2 is 2.21 bits per heavy atom. The fourth-order valence-electron chi connectivity index (χ4n) is 2.30. The van der Waals surface area contributed by atoms with Gasteiger partial charge < -0.3 is 14.7 Å². The van der Waals surface area contributed by atoms with Gasteiger partial charge in [0.1, 0.15) is 5.60 Å². The number of alkyl halides is 1. The lowest BCUT2D eigenvalue weighted by atomic mass is 9.92. The number of hydrogen-bond acceptors (Lipinski definition) is 3. The van der Waals surface area contributed by atoms with Crippen molar-refractivity contribution >= 4 is 22.0 Å². The zero-order valence-electron chi connectivity index (χ0n) is 12.2. The molecule has 1 aliphatic heterocycles. The van der Waals surface area contributed by atoms with Crippen molar-refractivity contribution in [2.24, 2.45) is 5.92 Å². The first-order valence-electron chi connectivity index (χ1n) is 7.04. The highest BCUT2D eigenvalue weighted by Gasteiger charge is 2.27. The van der Waals surface area contributed by atoms with E-state index in [4.69, 9.17) is 4.74 Å². The van der Waals surface area contributed by atoms with Crippen molar-refractivity contribution in [1.29, 1.82) is 0 Å². The molecular formula is C14H26BrNO3. The maximum atomic E-state index is 12.0. The standard InChI is InChI=1S/C14H26BrNO3/c1-14(2,3)19-13(18)16-8-4-5-11(10-16)6-7-12(17)9-15/h11-12,17H,4-10H2,1-3H3. The highest BCUT2D eigenvalue weighted by molar-refractivity contribution is 9.09. The van der Waals surface area contributed by atoms with E-state index in [-0.39, 0.29) is 12.2 Å². The first kappa shape index (κ1) is 16.8. The summed E-state index contributed by atoms with van der Waals surface area (Å²) in [6.45, 7) is 7.20. The molecule has 112 valence electrons. The number of aliphatic hydroxyl groups excluding tert-OH is 1. The quantitative estimate of drug-likeness (QED) is 0.802. The van der Waals surface area contributed by atoms with Gasteiger partial charge >= 0.3 is 6.09 Å². The van der Waals surface area contributed by atoms with E-state index in [1.54, 1.807) is 4.90 Å². The number of nitrogens with zero attached hydrogens (tertiary/aromatic N) is 1. The van der Waals surface area contributed by atoms with Gasteiger partial charge in [0.25, 0.3) is 0 Å². The SMILES string of the molecule is CC(C)(C)OC(=O)N1CCCC(CCC(O)CBr)C1. The Balaban J connectivity index is 2.39. The molecule has 0 saturated carbocycles. The van der Waals surface area contributed by atoms with Gasteiger partial charge in [-0.1, -0.05) is 15.9 Å². The molecule has 2 unspecified atom stereocenters. The molecule has 19 heavy (non-hydrogen) atoms. The summed E-state index contributed by atoms with van der Waals surface area (Å²) in [4.78, 5) is 13.8. The summed E-state index contributed by atoms with van der Waals surface area (Å²) >= 11 is 3.27. The number of halogens is 1. The molecule has 0 aliphatic carbocycles. The lowest BCUT2D eigenvalue weighted by Gasteiger charge is -2.34. The van der Waals surface area contributed by atoms with Crippen LogP contribution >= 0.6 is 15.9 Å². The van der Waals surface area contributed by atoms with Crippen LogP contribution in [0, 0.1) is 5.92 Å². The maximum Gasteiger partial charge on any atom is 0.410 e. The van der Waals surface area contributed by atoms with Gasteiger partial charge in [-0.05, 0) is 52.4 Å². The smallest absolute Gasteiger partial charge is 0.410 e. The van der Waals surface area contributed by atoms with Gasteiger partial charge in [-0.25, -0.2) is 4.79 Å². The summed E-state index contributed by atoms with van der Waals surface area (Å²) in [6.07, 6.45) is 3.42. The highest BCUT2D eigenvalue weighted by Crippen LogP contribution is 2.23. The molecule has 1 amide bonds. The number of carbonyl (C=O) groups is 1. The molecule has 0 aromatic heterocycles. The third kappa shape index (κ3) is 6.61. The van der Waals surface area contributed by atoms with Gasteiger partial charge in [0.15, 0.2) is 0 Å². The normalized spacial score (nSPS) is 22.2. The van der Waals surface area contributed by atoms with Crippen molar-refractivity contribution in [1.82, 2.24) is 4.90 Å². The van der Waals surface area contributed by atoms with Crippen molar-refractivity contribution in [3.05, 3.63) is 0 Å². The second-order valence-electron chi connectivity index (χ2n) is 6.32. The number of ether oxygens (including phenoxy) is 1. The number of hydrogen-bond donors (Lipinski definition) is 1. The summed E-state index contributed by atoms with van der Waals surface area (Å²) in [6, 6.07) is 0. The molecule has 1 aliphatic rings. The van der Waals surface area contributed by atoms with Crippen LogP contribution in [0.4, 0.5) is 4.79 Å². The lowest BCUT2D eigenvalue weighted by Crippen LogP contribution is -2.43. The predicted molar refractivity (Wildman–Crippen MR) is 79.6 cm³/mol. The minimum atomic E-state index is -0.434. The van der Waals surface area contributed by atoms with E-state index in [2.05, 4.69) is 15.9 Å².